The summed E-state index contributed by atoms with van der Waals surface area (Å²) in [6, 6.07) is 10.7. The third-order valence-electron chi connectivity index (χ3n) is 4.77. The Morgan fingerprint density at radius 3 is 2.71 bits per heavy atom. The minimum Gasteiger partial charge on any atom is -0.508 e. The smallest absolute Gasteiger partial charge is 0.339 e. The lowest BCUT2D eigenvalue weighted by Gasteiger charge is -2.13. The van der Waals surface area contributed by atoms with E-state index in [2.05, 4.69) is 31.1 Å². The number of ether oxygens (including phenoxy) is 1. The first kappa shape index (κ1) is 23.5. The van der Waals surface area contributed by atoms with Crippen LogP contribution in [0, 0.1) is 5.82 Å². The molecule has 0 aliphatic heterocycles. The Balaban J connectivity index is 1.56. The second-order valence-electron chi connectivity index (χ2n) is 7.11. The van der Waals surface area contributed by atoms with Crippen LogP contribution in [0.15, 0.2) is 60.0 Å². The van der Waals surface area contributed by atoms with Gasteiger partial charge in [-0.25, -0.2) is 24.6 Å². The van der Waals surface area contributed by atoms with Crippen LogP contribution in [0.3, 0.4) is 0 Å². The number of hydrazone groups is 1. The van der Waals surface area contributed by atoms with E-state index in [1.807, 2.05) is 0 Å². The predicted molar refractivity (Wildman–Crippen MR) is 130 cm³/mol. The molecule has 4 rings (SSSR count). The van der Waals surface area contributed by atoms with Crippen molar-refractivity contribution < 1.29 is 24.1 Å². The first-order chi connectivity index (χ1) is 16.8. The van der Waals surface area contributed by atoms with Gasteiger partial charge in [-0.1, -0.05) is 11.6 Å². The molecule has 3 aromatic carbocycles. The van der Waals surface area contributed by atoms with Crippen LogP contribution in [0.5, 0.6) is 17.2 Å². The molecule has 0 saturated heterocycles. The highest BCUT2D eigenvalue weighted by molar-refractivity contribution is 6.31. The molecule has 10 nitrogen and oxygen atoms in total. The molecular weight excluding hydrogens is 479 g/mol. The Labute approximate surface area is 203 Å². The van der Waals surface area contributed by atoms with Crippen molar-refractivity contribution in [2.45, 2.75) is 0 Å². The van der Waals surface area contributed by atoms with Crippen molar-refractivity contribution in [2.75, 3.05) is 17.7 Å². The third-order valence-corrected chi connectivity index (χ3v) is 5.06. The van der Waals surface area contributed by atoms with Crippen molar-refractivity contribution in [1.29, 1.82) is 0 Å². The molecule has 0 saturated carbocycles. The number of phenolic OH excluding ortho intramolecular Hbond substituents is 2. The molecule has 4 aromatic rings. The maximum atomic E-state index is 13.5. The molecule has 0 spiro atoms. The maximum absolute atomic E-state index is 13.5. The lowest BCUT2D eigenvalue weighted by atomic mass is 10.2. The number of carbonyl (C=O) groups is 1. The molecule has 2 amide bonds. The van der Waals surface area contributed by atoms with E-state index in [1.54, 1.807) is 12.1 Å². The molecule has 0 bridgehead atoms. The van der Waals surface area contributed by atoms with Gasteiger partial charge in [0.25, 0.3) is 0 Å². The number of hydrogen-bond acceptors (Lipinski definition) is 8. The Kier molecular flexibility index (Phi) is 6.78. The number of benzene rings is 3. The number of halogens is 2. The topological polar surface area (TPSA) is 141 Å². The molecule has 0 aliphatic rings. The molecule has 0 radical (unpaired) electrons. The normalized spacial score (nSPS) is 10.9. The van der Waals surface area contributed by atoms with E-state index >= 15 is 0 Å². The average molecular weight is 497 g/mol. The Morgan fingerprint density at radius 2 is 1.97 bits per heavy atom. The van der Waals surface area contributed by atoms with Gasteiger partial charge in [0.05, 0.1) is 29.6 Å². The van der Waals surface area contributed by atoms with Crippen molar-refractivity contribution in [3.05, 3.63) is 71.3 Å². The Bertz CT molecular complexity index is 1450. The molecular formula is C23H18ClFN6O4. The van der Waals surface area contributed by atoms with Crippen LogP contribution in [-0.2, 0) is 0 Å². The van der Waals surface area contributed by atoms with Crippen molar-refractivity contribution in [3.8, 4) is 17.2 Å². The van der Waals surface area contributed by atoms with Crippen LogP contribution in [0.4, 0.5) is 26.4 Å². The Hall–Kier alpha value is -4.64. The van der Waals surface area contributed by atoms with Crippen molar-refractivity contribution >= 4 is 51.9 Å². The van der Waals surface area contributed by atoms with Gasteiger partial charge >= 0.3 is 6.03 Å². The summed E-state index contributed by atoms with van der Waals surface area (Å²) in [6.07, 6.45) is 2.57. The fraction of sp³-hybridized carbons (Fsp3) is 0.0435. The molecule has 178 valence electrons. The van der Waals surface area contributed by atoms with Gasteiger partial charge in [0.15, 0.2) is 0 Å². The number of aromatic hydroxyl groups is 2. The van der Waals surface area contributed by atoms with Gasteiger partial charge in [0.2, 0.25) is 0 Å². The summed E-state index contributed by atoms with van der Waals surface area (Å²) >= 11 is 5.86. The second kappa shape index (κ2) is 10.1. The van der Waals surface area contributed by atoms with Gasteiger partial charge in [-0.15, -0.1) is 0 Å². The molecule has 5 N–H and O–H groups in total. The van der Waals surface area contributed by atoms with Gasteiger partial charge in [-0.3, -0.25) is 0 Å². The predicted octanol–water partition coefficient (Wildman–Crippen LogP) is 4.74. The SMILES string of the molecule is COc1cc2ncnc(Nc3ccc(F)c(Cl)c3)c2cc1NC(=O)N/N=C/c1ccc(O)cc1O. The Morgan fingerprint density at radius 1 is 1.14 bits per heavy atom. The van der Waals surface area contributed by atoms with Crippen LogP contribution in [-0.4, -0.2) is 39.5 Å². The van der Waals surface area contributed by atoms with E-state index in [1.165, 1.54) is 50.0 Å². The van der Waals surface area contributed by atoms with Gasteiger partial charge < -0.3 is 25.6 Å². The zero-order valence-electron chi connectivity index (χ0n) is 18.1. The zero-order valence-corrected chi connectivity index (χ0v) is 18.8. The van der Waals surface area contributed by atoms with Crippen molar-refractivity contribution in [2.24, 2.45) is 5.10 Å². The summed E-state index contributed by atoms with van der Waals surface area (Å²) in [6.45, 7) is 0. The summed E-state index contributed by atoms with van der Waals surface area (Å²) < 4.78 is 18.9. The van der Waals surface area contributed by atoms with Gasteiger partial charge in [-0.05, 0) is 36.4 Å². The van der Waals surface area contributed by atoms with E-state index in [-0.39, 0.29) is 16.5 Å². The van der Waals surface area contributed by atoms with Crippen LogP contribution in [0.2, 0.25) is 5.02 Å². The van der Waals surface area contributed by atoms with E-state index in [0.29, 0.717) is 39.4 Å². The molecule has 0 fully saturated rings. The number of rotatable bonds is 6. The number of fused-ring (bicyclic) bond motifs is 1. The summed E-state index contributed by atoms with van der Waals surface area (Å²) in [4.78, 5) is 20.9. The molecule has 35 heavy (non-hydrogen) atoms. The quantitative estimate of drug-likeness (QED) is 0.192. The highest BCUT2D eigenvalue weighted by atomic mass is 35.5. The van der Waals surface area contributed by atoms with Crippen LogP contribution in [0.25, 0.3) is 10.9 Å². The summed E-state index contributed by atoms with van der Waals surface area (Å²) in [5, 5.41) is 29.1. The number of nitrogens with zero attached hydrogens (tertiary/aromatic N) is 3. The molecule has 0 aliphatic carbocycles. The van der Waals surface area contributed by atoms with E-state index in [0.717, 1.165) is 6.07 Å². The third kappa shape index (κ3) is 5.47. The standard InChI is InChI=1S/C23H18ClFN6O4/c1-35-21-9-18-15(22(27-11-26-18)29-13-3-5-17(25)16(24)6-13)8-19(21)30-23(34)31-28-10-12-2-4-14(32)7-20(12)33/h2-11,32-33H,1H3,(H,26,27,29)(H2,30,31,34)/b28-10+. The number of anilines is 3. The molecule has 1 aromatic heterocycles. The molecule has 0 unspecified atom stereocenters. The number of phenols is 2. The number of amides is 2. The number of carbonyl (C=O) groups excluding carboxylic acids is 1. The zero-order chi connectivity index (χ0) is 24.9. The van der Waals surface area contributed by atoms with Crippen LogP contribution < -0.4 is 20.8 Å². The van der Waals surface area contributed by atoms with E-state index in [9.17, 15) is 19.4 Å². The van der Waals surface area contributed by atoms with Crippen LogP contribution in [0.1, 0.15) is 5.56 Å². The summed E-state index contributed by atoms with van der Waals surface area (Å²) in [5.74, 6) is -0.120. The van der Waals surface area contributed by atoms with Crippen molar-refractivity contribution in [3.63, 3.8) is 0 Å². The summed E-state index contributed by atoms with van der Waals surface area (Å²) in [5.41, 5.74) is 3.91. The number of nitrogens with one attached hydrogen (secondary N) is 3. The number of methoxy groups -OCH3 is 1. The minimum absolute atomic E-state index is 0.0461. The van der Waals surface area contributed by atoms with Crippen LogP contribution >= 0.6 is 11.6 Å². The largest absolute Gasteiger partial charge is 0.508 e. The number of hydrogen-bond donors (Lipinski definition) is 5. The number of urea groups is 1. The number of aromatic nitrogens is 2. The van der Waals surface area contributed by atoms with Gasteiger partial charge in [-0.2, -0.15) is 5.10 Å². The first-order valence-corrected chi connectivity index (χ1v) is 10.4. The van der Waals surface area contributed by atoms with Gasteiger partial charge in [0, 0.05) is 28.8 Å². The fourth-order valence-corrected chi connectivity index (χ4v) is 3.29. The van der Waals surface area contributed by atoms with Crippen molar-refractivity contribution in [1.82, 2.24) is 15.4 Å². The minimum atomic E-state index is -0.686. The highest BCUT2D eigenvalue weighted by Gasteiger charge is 2.13. The molecule has 0 atom stereocenters. The summed E-state index contributed by atoms with van der Waals surface area (Å²) in [7, 11) is 1.44. The highest BCUT2D eigenvalue weighted by Crippen LogP contribution is 2.33. The van der Waals surface area contributed by atoms with Gasteiger partial charge in [0.1, 0.15) is 35.2 Å². The average Bonchev–Trinajstić information content (AvgIpc) is 2.83. The lowest BCUT2D eigenvalue weighted by Crippen LogP contribution is -2.24. The monoisotopic (exact) mass is 496 g/mol. The first-order valence-electron chi connectivity index (χ1n) is 10.0. The maximum Gasteiger partial charge on any atom is 0.339 e. The molecule has 12 heteroatoms. The second-order valence-corrected chi connectivity index (χ2v) is 7.52. The molecule has 1 heterocycles. The van der Waals surface area contributed by atoms with E-state index < -0.39 is 11.8 Å². The fourth-order valence-electron chi connectivity index (χ4n) is 3.11. The van der Waals surface area contributed by atoms with E-state index in [4.69, 9.17) is 16.3 Å². The lowest BCUT2D eigenvalue weighted by molar-refractivity contribution is 0.252.